The number of aliphatic hydroxyl groups excluding tert-OH is 1. The highest BCUT2D eigenvalue weighted by Gasteiger charge is 2.07. The van der Waals surface area contributed by atoms with Crippen LogP contribution in [0.3, 0.4) is 0 Å². The summed E-state index contributed by atoms with van der Waals surface area (Å²) in [6.45, 7) is 0.0146. The lowest BCUT2D eigenvalue weighted by Gasteiger charge is -1.94. The van der Waals surface area contributed by atoms with Gasteiger partial charge >= 0.3 is 0 Å². The van der Waals surface area contributed by atoms with E-state index in [0.29, 0.717) is 23.8 Å². The van der Waals surface area contributed by atoms with Crippen molar-refractivity contribution in [3.8, 4) is 11.5 Å². The lowest BCUT2D eigenvalue weighted by molar-refractivity contribution is 0.293. The minimum Gasteiger partial charge on any atom is -0.399 e. The third-order valence-corrected chi connectivity index (χ3v) is 1.96. The van der Waals surface area contributed by atoms with E-state index in [1.807, 2.05) is 12.1 Å². The Hall–Kier alpha value is -1.88. The number of aromatic nitrogens is 2. The molecule has 0 saturated heterocycles. The van der Waals surface area contributed by atoms with Crippen LogP contribution in [0.2, 0.25) is 0 Å². The first kappa shape index (κ1) is 9.67. The summed E-state index contributed by atoms with van der Waals surface area (Å²) in [6.07, 6.45) is 0.401. The molecule has 0 saturated carbocycles. The smallest absolute Gasteiger partial charge is 0.257 e. The molecule has 1 aromatic carbocycles. The van der Waals surface area contributed by atoms with Gasteiger partial charge in [0.2, 0.25) is 0 Å². The lowest BCUT2D eigenvalue weighted by Crippen LogP contribution is -1.92. The highest BCUT2D eigenvalue weighted by atomic mass is 16.5. The fourth-order valence-corrected chi connectivity index (χ4v) is 1.20. The molecule has 0 unspecified atom stereocenters. The zero-order chi connectivity index (χ0) is 10.7. The van der Waals surface area contributed by atoms with Crippen molar-refractivity contribution in [2.24, 2.45) is 0 Å². The first-order chi connectivity index (χ1) is 7.29. The van der Waals surface area contributed by atoms with Crippen LogP contribution in [0.25, 0.3) is 11.5 Å². The molecule has 0 atom stereocenters. The van der Waals surface area contributed by atoms with Crippen molar-refractivity contribution < 1.29 is 9.63 Å². The van der Waals surface area contributed by atoms with Crippen LogP contribution < -0.4 is 5.73 Å². The van der Waals surface area contributed by atoms with Crippen LogP contribution in [0, 0.1) is 0 Å². The number of hydrogen-bond acceptors (Lipinski definition) is 5. The first-order valence-electron chi connectivity index (χ1n) is 4.59. The van der Waals surface area contributed by atoms with Crippen LogP contribution in [-0.2, 0) is 6.42 Å². The number of nitrogen functional groups attached to an aromatic ring is 1. The van der Waals surface area contributed by atoms with E-state index in [1.54, 1.807) is 12.1 Å². The van der Waals surface area contributed by atoms with Gasteiger partial charge < -0.3 is 15.4 Å². The maximum absolute atomic E-state index is 8.70. The number of hydrogen-bond donors (Lipinski definition) is 2. The van der Waals surface area contributed by atoms with Gasteiger partial charge in [-0.15, -0.1) is 0 Å². The van der Waals surface area contributed by atoms with Crippen molar-refractivity contribution in [3.05, 3.63) is 30.1 Å². The maximum Gasteiger partial charge on any atom is 0.257 e. The summed E-state index contributed by atoms with van der Waals surface area (Å²) < 4.78 is 5.03. The largest absolute Gasteiger partial charge is 0.399 e. The average Bonchev–Trinajstić information content (AvgIpc) is 2.68. The molecule has 0 aliphatic carbocycles. The molecule has 0 fully saturated rings. The van der Waals surface area contributed by atoms with E-state index in [-0.39, 0.29) is 6.61 Å². The second-order valence-corrected chi connectivity index (χ2v) is 3.11. The third kappa shape index (κ3) is 2.13. The standard InChI is InChI=1S/C10H11N3O2/c11-8-3-1-7(2-4-8)10-12-9(5-6-14)13-15-10/h1-4,14H,5-6,11H2. The van der Waals surface area contributed by atoms with Gasteiger partial charge in [0.25, 0.3) is 5.89 Å². The zero-order valence-corrected chi connectivity index (χ0v) is 8.05. The highest BCUT2D eigenvalue weighted by molar-refractivity contribution is 5.56. The summed E-state index contributed by atoms with van der Waals surface area (Å²) in [5.41, 5.74) is 7.07. The van der Waals surface area contributed by atoms with Gasteiger partial charge in [-0.3, -0.25) is 0 Å². The van der Waals surface area contributed by atoms with E-state index >= 15 is 0 Å². The third-order valence-electron chi connectivity index (χ3n) is 1.96. The Labute approximate surface area is 86.5 Å². The van der Waals surface area contributed by atoms with Gasteiger partial charge in [-0.2, -0.15) is 4.98 Å². The number of nitrogens with two attached hydrogens (primary N) is 1. The Morgan fingerprint density at radius 1 is 1.27 bits per heavy atom. The van der Waals surface area contributed by atoms with Crippen molar-refractivity contribution >= 4 is 5.69 Å². The second-order valence-electron chi connectivity index (χ2n) is 3.11. The number of aliphatic hydroxyl groups is 1. The Bertz CT molecular complexity index is 436. The van der Waals surface area contributed by atoms with E-state index in [1.165, 1.54) is 0 Å². The summed E-state index contributed by atoms with van der Waals surface area (Å²) in [6, 6.07) is 7.16. The quantitative estimate of drug-likeness (QED) is 0.725. The number of anilines is 1. The Morgan fingerprint density at radius 2 is 2.00 bits per heavy atom. The fraction of sp³-hybridized carbons (Fsp3) is 0.200. The van der Waals surface area contributed by atoms with Crippen LogP contribution in [0.15, 0.2) is 28.8 Å². The fourth-order valence-electron chi connectivity index (χ4n) is 1.20. The second kappa shape index (κ2) is 4.10. The molecule has 1 aromatic heterocycles. The molecule has 0 amide bonds. The van der Waals surface area contributed by atoms with Crippen molar-refractivity contribution in [1.82, 2.24) is 10.1 Å². The van der Waals surface area contributed by atoms with E-state index in [0.717, 1.165) is 5.56 Å². The number of nitrogens with zero attached hydrogens (tertiary/aromatic N) is 2. The molecule has 78 valence electrons. The molecule has 2 rings (SSSR count). The first-order valence-corrected chi connectivity index (χ1v) is 4.59. The average molecular weight is 205 g/mol. The summed E-state index contributed by atoms with van der Waals surface area (Å²) in [4.78, 5) is 4.12. The predicted molar refractivity (Wildman–Crippen MR) is 54.9 cm³/mol. The van der Waals surface area contributed by atoms with Gasteiger partial charge in [-0.1, -0.05) is 5.16 Å². The molecule has 5 nitrogen and oxygen atoms in total. The van der Waals surface area contributed by atoms with Crippen molar-refractivity contribution in [2.45, 2.75) is 6.42 Å². The minimum atomic E-state index is 0.0146. The van der Waals surface area contributed by atoms with E-state index in [2.05, 4.69) is 10.1 Å². The molecule has 0 spiro atoms. The summed E-state index contributed by atoms with van der Waals surface area (Å²) in [7, 11) is 0. The number of benzene rings is 1. The van der Waals surface area contributed by atoms with E-state index in [9.17, 15) is 0 Å². The predicted octanol–water partition coefficient (Wildman–Crippen LogP) is 0.854. The topological polar surface area (TPSA) is 85.2 Å². The van der Waals surface area contributed by atoms with Gasteiger partial charge in [0.15, 0.2) is 5.82 Å². The molecule has 0 aliphatic heterocycles. The highest BCUT2D eigenvalue weighted by Crippen LogP contribution is 2.18. The molecule has 0 radical (unpaired) electrons. The number of rotatable bonds is 3. The molecule has 15 heavy (non-hydrogen) atoms. The van der Waals surface area contributed by atoms with Crippen LogP contribution in [-0.4, -0.2) is 21.9 Å². The maximum atomic E-state index is 8.70. The minimum absolute atomic E-state index is 0.0146. The molecule has 0 bridgehead atoms. The normalized spacial score (nSPS) is 10.5. The van der Waals surface area contributed by atoms with E-state index < -0.39 is 0 Å². The molecular weight excluding hydrogens is 194 g/mol. The summed E-state index contributed by atoms with van der Waals surface area (Å²) in [5, 5.41) is 12.4. The molecular formula is C10H11N3O2. The molecule has 2 aromatic rings. The van der Waals surface area contributed by atoms with Gasteiger partial charge in [0.1, 0.15) is 0 Å². The molecule has 0 aliphatic rings. The van der Waals surface area contributed by atoms with E-state index in [4.69, 9.17) is 15.4 Å². The Kier molecular flexibility index (Phi) is 2.64. The lowest BCUT2D eigenvalue weighted by atomic mass is 10.2. The Morgan fingerprint density at radius 3 is 2.67 bits per heavy atom. The van der Waals surface area contributed by atoms with Crippen LogP contribution in [0.4, 0.5) is 5.69 Å². The van der Waals surface area contributed by atoms with Gasteiger partial charge in [-0.25, -0.2) is 0 Å². The molecule has 1 heterocycles. The molecule has 3 N–H and O–H groups in total. The van der Waals surface area contributed by atoms with Gasteiger partial charge in [0.05, 0.1) is 6.61 Å². The van der Waals surface area contributed by atoms with Crippen molar-refractivity contribution in [1.29, 1.82) is 0 Å². The molecule has 5 heteroatoms. The van der Waals surface area contributed by atoms with Gasteiger partial charge in [-0.05, 0) is 24.3 Å². The zero-order valence-electron chi connectivity index (χ0n) is 8.05. The van der Waals surface area contributed by atoms with Crippen molar-refractivity contribution in [2.75, 3.05) is 12.3 Å². The van der Waals surface area contributed by atoms with Gasteiger partial charge in [0, 0.05) is 17.7 Å². The van der Waals surface area contributed by atoms with Crippen molar-refractivity contribution in [3.63, 3.8) is 0 Å². The SMILES string of the molecule is Nc1ccc(-c2nc(CCO)no2)cc1. The van der Waals surface area contributed by atoms with Crippen LogP contribution >= 0.6 is 0 Å². The Balaban J connectivity index is 2.25. The van der Waals surface area contributed by atoms with Crippen LogP contribution in [0.1, 0.15) is 5.82 Å². The van der Waals surface area contributed by atoms with Crippen LogP contribution in [0.5, 0.6) is 0 Å². The summed E-state index contributed by atoms with van der Waals surface area (Å²) >= 11 is 0. The summed E-state index contributed by atoms with van der Waals surface area (Å²) in [5.74, 6) is 0.947. The monoisotopic (exact) mass is 205 g/mol.